The topological polar surface area (TPSA) is 93.2 Å². The molecule has 0 aromatic heterocycles. The van der Waals surface area contributed by atoms with Crippen LogP contribution in [0.1, 0.15) is 18.1 Å². The molecular formula is C15H18N4O2. The third-order valence-corrected chi connectivity index (χ3v) is 3.34. The number of nitro groups is 1. The molecule has 4 N–H and O–H groups in total. The smallest absolute Gasteiger partial charge is 0.316 e. The van der Waals surface area contributed by atoms with Gasteiger partial charge in [0, 0.05) is 6.54 Å². The molecule has 6 nitrogen and oxygen atoms in total. The van der Waals surface area contributed by atoms with E-state index >= 15 is 0 Å². The fourth-order valence-corrected chi connectivity index (χ4v) is 2.26. The van der Waals surface area contributed by atoms with Gasteiger partial charge in [0.2, 0.25) is 0 Å². The summed E-state index contributed by atoms with van der Waals surface area (Å²) in [4.78, 5) is 10.8. The summed E-state index contributed by atoms with van der Waals surface area (Å²) in [6, 6.07) is 13.0. The van der Waals surface area contributed by atoms with E-state index in [1.54, 1.807) is 18.2 Å². The van der Waals surface area contributed by atoms with Gasteiger partial charge in [0.1, 0.15) is 11.4 Å². The van der Waals surface area contributed by atoms with Gasteiger partial charge in [-0.3, -0.25) is 16.0 Å². The normalized spacial score (nSPS) is 10.2. The van der Waals surface area contributed by atoms with Gasteiger partial charge in [-0.05, 0) is 29.7 Å². The van der Waals surface area contributed by atoms with Crippen LogP contribution in [0.4, 0.5) is 17.1 Å². The lowest BCUT2D eigenvalue weighted by Gasteiger charge is -2.12. The van der Waals surface area contributed by atoms with Crippen molar-refractivity contribution in [1.82, 2.24) is 0 Å². The molecule has 0 spiro atoms. The van der Waals surface area contributed by atoms with E-state index in [4.69, 9.17) is 5.84 Å². The molecule has 2 aromatic carbocycles. The number of nitrogens with two attached hydrogens (primary N) is 1. The number of nitrogen functional groups attached to an aromatic ring is 1. The minimum atomic E-state index is -0.441. The van der Waals surface area contributed by atoms with E-state index in [0.29, 0.717) is 12.2 Å². The lowest BCUT2D eigenvalue weighted by molar-refractivity contribution is -0.383. The van der Waals surface area contributed by atoms with Crippen LogP contribution < -0.4 is 16.6 Å². The molecule has 0 aliphatic carbocycles. The number of rotatable bonds is 6. The van der Waals surface area contributed by atoms with Crippen molar-refractivity contribution in [2.45, 2.75) is 19.9 Å². The van der Waals surface area contributed by atoms with Crippen LogP contribution in [-0.4, -0.2) is 4.92 Å². The summed E-state index contributed by atoms with van der Waals surface area (Å²) < 4.78 is 0. The molecule has 0 unspecified atom stereocenters. The van der Waals surface area contributed by atoms with Gasteiger partial charge in [-0.25, -0.2) is 0 Å². The fourth-order valence-electron chi connectivity index (χ4n) is 2.26. The molecule has 0 atom stereocenters. The first-order chi connectivity index (χ1) is 10.2. The summed E-state index contributed by atoms with van der Waals surface area (Å²) in [5, 5.41) is 14.3. The number of aryl methyl sites for hydroxylation is 1. The van der Waals surface area contributed by atoms with Crippen molar-refractivity contribution in [2.24, 2.45) is 5.84 Å². The Balaban J connectivity index is 2.26. The predicted molar refractivity (Wildman–Crippen MR) is 84.1 cm³/mol. The highest BCUT2D eigenvalue weighted by Gasteiger charge is 2.18. The Labute approximate surface area is 123 Å². The Morgan fingerprint density at radius 2 is 1.76 bits per heavy atom. The SMILES string of the molecule is CCc1ccccc1CNc1cccc(NN)c1[N+](=O)[O-]. The van der Waals surface area contributed by atoms with Gasteiger partial charge in [-0.1, -0.05) is 37.3 Å². The van der Waals surface area contributed by atoms with Crippen LogP contribution in [0.5, 0.6) is 0 Å². The van der Waals surface area contributed by atoms with Gasteiger partial charge >= 0.3 is 5.69 Å². The number of hydrogen-bond acceptors (Lipinski definition) is 5. The average molecular weight is 286 g/mol. The number of benzene rings is 2. The molecule has 21 heavy (non-hydrogen) atoms. The predicted octanol–water partition coefficient (Wildman–Crippen LogP) is 3.05. The second-order valence-corrected chi connectivity index (χ2v) is 4.58. The van der Waals surface area contributed by atoms with Crippen molar-refractivity contribution in [3.05, 3.63) is 63.7 Å². The van der Waals surface area contributed by atoms with Crippen molar-refractivity contribution in [3.63, 3.8) is 0 Å². The van der Waals surface area contributed by atoms with Crippen molar-refractivity contribution in [2.75, 3.05) is 10.7 Å². The van der Waals surface area contributed by atoms with Crippen molar-refractivity contribution < 1.29 is 4.92 Å². The number of anilines is 2. The van der Waals surface area contributed by atoms with Crippen LogP contribution in [0.25, 0.3) is 0 Å². The first-order valence-electron chi connectivity index (χ1n) is 6.72. The minimum absolute atomic E-state index is 0.0472. The van der Waals surface area contributed by atoms with Gasteiger partial charge in [0.25, 0.3) is 0 Å². The fraction of sp³-hybridized carbons (Fsp3) is 0.200. The highest BCUT2D eigenvalue weighted by atomic mass is 16.6. The van der Waals surface area contributed by atoms with Gasteiger partial charge in [0.05, 0.1) is 4.92 Å². The number of nitrogens with zero attached hydrogens (tertiary/aromatic N) is 1. The summed E-state index contributed by atoms with van der Waals surface area (Å²) >= 11 is 0. The van der Waals surface area contributed by atoms with Crippen LogP contribution in [0, 0.1) is 10.1 Å². The third-order valence-electron chi connectivity index (χ3n) is 3.34. The largest absolute Gasteiger partial charge is 0.375 e. The lowest BCUT2D eigenvalue weighted by Crippen LogP contribution is -2.11. The van der Waals surface area contributed by atoms with E-state index < -0.39 is 4.92 Å². The summed E-state index contributed by atoms with van der Waals surface area (Å²) in [5.41, 5.74) is 5.39. The van der Waals surface area contributed by atoms with Crippen LogP contribution in [-0.2, 0) is 13.0 Å². The molecule has 2 aromatic rings. The van der Waals surface area contributed by atoms with Crippen LogP contribution >= 0.6 is 0 Å². The zero-order valence-corrected chi connectivity index (χ0v) is 11.8. The van der Waals surface area contributed by atoms with Crippen LogP contribution in [0.15, 0.2) is 42.5 Å². The molecule has 2 rings (SSSR count). The molecule has 110 valence electrons. The highest BCUT2D eigenvalue weighted by molar-refractivity contribution is 5.75. The van der Waals surface area contributed by atoms with Gasteiger partial charge < -0.3 is 10.7 Å². The number of nitro benzene ring substituents is 1. The molecule has 0 amide bonds. The van der Waals surface area contributed by atoms with E-state index in [9.17, 15) is 10.1 Å². The first kappa shape index (κ1) is 14.8. The second kappa shape index (κ2) is 6.71. The summed E-state index contributed by atoms with van der Waals surface area (Å²) in [5.74, 6) is 5.33. The van der Waals surface area contributed by atoms with Crippen LogP contribution in [0.2, 0.25) is 0 Å². The Bertz CT molecular complexity index is 643. The third kappa shape index (κ3) is 3.29. The Kier molecular flexibility index (Phi) is 4.73. The lowest BCUT2D eigenvalue weighted by atomic mass is 10.1. The summed E-state index contributed by atoms with van der Waals surface area (Å²) in [6.07, 6.45) is 0.921. The molecule has 0 fully saturated rings. The van der Waals surface area contributed by atoms with Gasteiger partial charge in [-0.15, -0.1) is 0 Å². The van der Waals surface area contributed by atoms with E-state index in [2.05, 4.69) is 23.7 Å². The van der Waals surface area contributed by atoms with Crippen molar-refractivity contribution in [1.29, 1.82) is 0 Å². The van der Waals surface area contributed by atoms with E-state index in [-0.39, 0.29) is 11.4 Å². The van der Waals surface area contributed by atoms with Gasteiger partial charge in [-0.2, -0.15) is 0 Å². The average Bonchev–Trinajstić information content (AvgIpc) is 2.52. The number of hydrogen-bond donors (Lipinski definition) is 3. The maximum Gasteiger partial charge on any atom is 0.316 e. The second-order valence-electron chi connectivity index (χ2n) is 4.58. The zero-order chi connectivity index (χ0) is 15.2. The first-order valence-corrected chi connectivity index (χ1v) is 6.72. The molecule has 0 radical (unpaired) electrons. The molecule has 6 heteroatoms. The number of nitrogens with one attached hydrogen (secondary N) is 2. The monoisotopic (exact) mass is 286 g/mol. The van der Waals surface area contributed by atoms with Crippen LogP contribution in [0.3, 0.4) is 0 Å². The van der Waals surface area contributed by atoms with Crippen molar-refractivity contribution >= 4 is 17.1 Å². The molecule has 0 heterocycles. The highest BCUT2D eigenvalue weighted by Crippen LogP contribution is 2.32. The summed E-state index contributed by atoms with van der Waals surface area (Å²) in [7, 11) is 0. The Morgan fingerprint density at radius 3 is 2.38 bits per heavy atom. The zero-order valence-electron chi connectivity index (χ0n) is 11.8. The number of hydrazine groups is 1. The van der Waals surface area contributed by atoms with E-state index in [1.165, 1.54) is 5.56 Å². The molecule has 0 saturated heterocycles. The van der Waals surface area contributed by atoms with Crippen molar-refractivity contribution in [3.8, 4) is 0 Å². The molecule has 0 bridgehead atoms. The standard InChI is InChI=1S/C15H18N4O2/c1-2-11-6-3-4-7-12(11)10-17-13-8-5-9-14(18-16)15(13)19(20)21/h3-9,17-18H,2,10,16H2,1H3. The molecular weight excluding hydrogens is 268 g/mol. The Morgan fingerprint density at radius 1 is 1.10 bits per heavy atom. The molecule has 0 aliphatic heterocycles. The quantitative estimate of drug-likeness (QED) is 0.431. The Hall–Kier alpha value is -2.60. The minimum Gasteiger partial charge on any atom is -0.375 e. The van der Waals surface area contributed by atoms with Gasteiger partial charge in [0.15, 0.2) is 0 Å². The van der Waals surface area contributed by atoms with E-state index in [0.717, 1.165) is 12.0 Å². The van der Waals surface area contributed by atoms with E-state index in [1.807, 2.05) is 18.2 Å². The molecule has 0 saturated carbocycles. The number of para-hydroxylation sites is 1. The maximum absolute atomic E-state index is 11.2. The molecule has 0 aliphatic rings. The summed E-state index contributed by atoms with van der Waals surface area (Å²) in [6.45, 7) is 2.61. The maximum atomic E-state index is 11.2.